The fourth-order valence-electron chi connectivity index (χ4n) is 2.29. The molecule has 120 valence electrons. The van der Waals surface area contributed by atoms with E-state index in [4.69, 9.17) is 0 Å². The molecule has 0 saturated heterocycles. The molecule has 1 aromatic heterocycles. The van der Waals surface area contributed by atoms with Crippen molar-refractivity contribution in [3.63, 3.8) is 0 Å². The van der Waals surface area contributed by atoms with E-state index in [1.54, 1.807) is 6.07 Å². The Morgan fingerprint density at radius 1 is 0.958 bits per heavy atom. The Hall–Kier alpha value is -3.21. The van der Waals surface area contributed by atoms with Gasteiger partial charge >= 0.3 is 0 Å². The maximum absolute atomic E-state index is 12.5. The molecule has 24 heavy (non-hydrogen) atoms. The summed E-state index contributed by atoms with van der Waals surface area (Å²) in [5.41, 5.74) is 4.17. The van der Waals surface area contributed by atoms with Crippen LogP contribution < -0.4 is 10.6 Å². The Morgan fingerprint density at radius 3 is 2.54 bits per heavy atom. The number of nitrogens with one attached hydrogen (secondary N) is 2. The number of hydrogen-bond donors (Lipinski definition) is 2. The molecule has 0 fully saturated rings. The van der Waals surface area contributed by atoms with Crippen molar-refractivity contribution in [2.24, 2.45) is 0 Å². The number of carbonyl (C=O) groups excluding carboxylic acids is 1. The smallest absolute Gasteiger partial charge is 0.274 e. The number of nitrogens with zero attached hydrogens (tertiary/aromatic N) is 2. The minimum Gasteiger partial charge on any atom is -0.340 e. The van der Waals surface area contributed by atoms with E-state index in [-0.39, 0.29) is 5.91 Å². The number of aryl methyl sites for hydroxylation is 1. The average Bonchev–Trinajstić information content (AvgIpc) is 2.60. The van der Waals surface area contributed by atoms with Gasteiger partial charge in [0, 0.05) is 17.4 Å². The van der Waals surface area contributed by atoms with E-state index >= 15 is 0 Å². The molecule has 5 nitrogen and oxygen atoms in total. The molecule has 0 saturated carbocycles. The zero-order chi connectivity index (χ0) is 16.9. The van der Waals surface area contributed by atoms with Crippen LogP contribution in [0.4, 0.5) is 17.2 Å². The molecule has 2 N–H and O–H groups in total. The molecule has 1 amide bonds. The van der Waals surface area contributed by atoms with Crippen LogP contribution in [0.5, 0.6) is 0 Å². The van der Waals surface area contributed by atoms with Gasteiger partial charge in [-0.2, -0.15) is 0 Å². The lowest BCUT2D eigenvalue weighted by atomic mass is 10.1. The molecule has 0 unspecified atom stereocenters. The van der Waals surface area contributed by atoms with Gasteiger partial charge in [0.2, 0.25) is 0 Å². The molecular formula is C19H18N4O. The topological polar surface area (TPSA) is 66.9 Å². The summed E-state index contributed by atoms with van der Waals surface area (Å²) in [4.78, 5) is 20.7. The van der Waals surface area contributed by atoms with E-state index in [9.17, 15) is 4.79 Å². The molecule has 0 aliphatic carbocycles. The number of para-hydroxylation sites is 1. The summed E-state index contributed by atoms with van der Waals surface area (Å²) in [6, 6.07) is 17.1. The molecule has 3 rings (SSSR count). The summed E-state index contributed by atoms with van der Waals surface area (Å²) in [7, 11) is 0. The van der Waals surface area contributed by atoms with Crippen LogP contribution in [0.25, 0.3) is 0 Å². The Bertz CT molecular complexity index is 862. The summed E-state index contributed by atoms with van der Waals surface area (Å²) >= 11 is 0. The second-order valence-corrected chi connectivity index (χ2v) is 5.48. The van der Waals surface area contributed by atoms with E-state index in [0.717, 1.165) is 22.5 Å². The van der Waals surface area contributed by atoms with Crippen LogP contribution in [0.1, 0.15) is 21.6 Å². The van der Waals surface area contributed by atoms with Crippen molar-refractivity contribution in [3.8, 4) is 0 Å². The minimum atomic E-state index is -0.262. The number of rotatable bonds is 4. The van der Waals surface area contributed by atoms with Crippen LogP contribution in [-0.4, -0.2) is 15.9 Å². The summed E-state index contributed by atoms with van der Waals surface area (Å²) in [6.07, 6.45) is 1.38. The SMILES string of the molecule is Cc1cccc(NC(=O)c2cc(Nc3ccccc3)ncn2)c1C. The lowest BCUT2D eigenvalue weighted by Crippen LogP contribution is -2.15. The molecule has 0 radical (unpaired) electrons. The van der Waals surface area contributed by atoms with Gasteiger partial charge in [0.1, 0.15) is 17.8 Å². The average molecular weight is 318 g/mol. The van der Waals surface area contributed by atoms with Crippen LogP contribution >= 0.6 is 0 Å². The first-order chi connectivity index (χ1) is 11.6. The summed E-state index contributed by atoms with van der Waals surface area (Å²) < 4.78 is 0. The van der Waals surface area contributed by atoms with E-state index in [2.05, 4.69) is 20.6 Å². The zero-order valence-electron chi connectivity index (χ0n) is 13.6. The number of carbonyl (C=O) groups is 1. The highest BCUT2D eigenvalue weighted by atomic mass is 16.1. The van der Waals surface area contributed by atoms with Crippen LogP contribution in [0.2, 0.25) is 0 Å². The largest absolute Gasteiger partial charge is 0.340 e. The van der Waals surface area contributed by atoms with Gasteiger partial charge in [0.05, 0.1) is 0 Å². The first-order valence-corrected chi connectivity index (χ1v) is 7.65. The summed E-state index contributed by atoms with van der Waals surface area (Å²) in [5.74, 6) is 0.310. The van der Waals surface area contributed by atoms with Gasteiger partial charge in [-0.1, -0.05) is 30.3 Å². The van der Waals surface area contributed by atoms with Crippen molar-refractivity contribution in [1.82, 2.24) is 9.97 Å². The van der Waals surface area contributed by atoms with Crippen molar-refractivity contribution in [2.45, 2.75) is 13.8 Å². The van der Waals surface area contributed by atoms with Gasteiger partial charge in [-0.15, -0.1) is 0 Å². The Balaban J connectivity index is 1.78. The lowest BCUT2D eigenvalue weighted by molar-refractivity contribution is 0.102. The molecular weight excluding hydrogens is 300 g/mol. The molecule has 2 aromatic carbocycles. The lowest BCUT2D eigenvalue weighted by Gasteiger charge is -2.10. The molecule has 0 spiro atoms. The van der Waals surface area contributed by atoms with Crippen LogP contribution in [-0.2, 0) is 0 Å². The highest BCUT2D eigenvalue weighted by molar-refractivity contribution is 6.03. The van der Waals surface area contributed by atoms with Gasteiger partial charge in [-0.05, 0) is 43.2 Å². The second kappa shape index (κ2) is 6.91. The fraction of sp³-hybridized carbons (Fsp3) is 0.105. The molecule has 0 bridgehead atoms. The van der Waals surface area contributed by atoms with Gasteiger partial charge in [-0.3, -0.25) is 4.79 Å². The Kier molecular flexibility index (Phi) is 4.52. The third-order valence-corrected chi connectivity index (χ3v) is 3.80. The van der Waals surface area contributed by atoms with Crippen molar-refractivity contribution in [2.75, 3.05) is 10.6 Å². The standard InChI is InChI=1S/C19H18N4O/c1-13-7-6-10-16(14(13)2)23-19(24)17-11-18(21-12-20-17)22-15-8-4-3-5-9-15/h3-12H,1-2H3,(H,23,24)(H,20,21,22). The van der Waals surface area contributed by atoms with Gasteiger partial charge < -0.3 is 10.6 Å². The van der Waals surface area contributed by atoms with E-state index in [0.29, 0.717) is 11.5 Å². The number of anilines is 3. The predicted octanol–water partition coefficient (Wildman–Crippen LogP) is 4.09. The Labute approximate surface area is 140 Å². The maximum atomic E-state index is 12.5. The van der Waals surface area contributed by atoms with E-state index in [1.165, 1.54) is 6.33 Å². The monoisotopic (exact) mass is 318 g/mol. The van der Waals surface area contributed by atoms with Gasteiger partial charge in [-0.25, -0.2) is 9.97 Å². The normalized spacial score (nSPS) is 10.2. The quantitative estimate of drug-likeness (QED) is 0.760. The first-order valence-electron chi connectivity index (χ1n) is 7.65. The number of benzene rings is 2. The molecule has 3 aromatic rings. The van der Waals surface area contributed by atoms with Crippen LogP contribution in [0.15, 0.2) is 60.9 Å². The molecule has 1 heterocycles. The van der Waals surface area contributed by atoms with E-state index in [1.807, 2.05) is 62.4 Å². The minimum absolute atomic E-state index is 0.262. The third-order valence-electron chi connectivity index (χ3n) is 3.80. The molecule has 0 atom stereocenters. The number of aromatic nitrogens is 2. The molecule has 0 aliphatic rings. The molecule has 0 aliphatic heterocycles. The fourth-order valence-corrected chi connectivity index (χ4v) is 2.29. The molecule has 5 heteroatoms. The zero-order valence-corrected chi connectivity index (χ0v) is 13.6. The number of amides is 1. The van der Waals surface area contributed by atoms with Gasteiger partial charge in [0.15, 0.2) is 0 Å². The summed E-state index contributed by atoms with van der Waals surface area (Å²) in [6.45, 7) is 3.99. The Morgan fingerprint density at radius 2 is 1.75 bits per heavy atom. The van der Waals surface area contributed by atoms with Crippen molar-refractivity contribution in [1.29, 1.82) is 0 Å². The maximum Gasteiger partial charge on any atom is 0.274 e. The predicted molar refractivity (Wildman–Crippen MR) is 95.6 cm³/mol. The van der Waals surface area contributed by atoms with Gasteiger partial charge in [0.25, 0.3) is 5.91 Å². The van der Waals surface area contributed by atoms with Crippen molar-refractivity contribution in [3.05, 3.63) is 77.7 Å². The van der Waals surface area contributed by atoms with E-state index < -0.39 is 0 Å². The van der Waals surface area contributed by atoms with Crippen LogP contribution in [0.3, 0.4) is 0 Å². The highest BCUT2D eigenvalue weighted by Gasteiger charge is 2.11. The second-order valence-electron chi connectivity index (χ2n) is 5.48. The summed E-state index contributed by atoms with van der Waals surface area (Å²) in [5, 5.41) is 6.05. The first kappa shape index (κ1) is 15.7. The third kappa shape index (κ3) is 3.57. The highest BCUT2D eigenvalue weighted by Crippen LogP contribution is 2.19. The van der Waals surface area contributed by atoms with Crippen LogP contribution in [0, 0.1) is 13.8 Å². The van der Waals surface area contributed by atoms with Crippen molar-refractivity contribution >= 4 is 23.1 Å². The number of hydrogen-bond acceptors (Lipinski definition) is 4. The van der Waals surface area contributed by atoms with Crippen molar-refractivity contribution < 1.29 is 4.79 Å².